The summed E-state index contributed by atoms with van der Waals surface area (Å²) in [6, 6.07) is 4.54. The van der Waals surface area contributed by atoms with Crippen LogP contribution in [-0.2, 0) is 14.8 Å². The van der Waals surface area contributed by atoms with Crippen molar-refractivity contribution in [3.63, 3.8) is 0 Å². The van der Waals surface area contributed by atoms with Crippen molar-refractivity contribution in [2.24, 2.45) is 5.92 Å². The summed E-state index contributed by atoms with van der Waals surface area (Å²) in [7, 11) is -3.69. The molecule has 2 saturated heterocycles. The van der Waals surface area contributed by atoms with E-state index < -0.39 is 15.8 Å². The molecule has 0 atom stereocenters. The van der Waals surface area contributed by atoms with Crippen molar-refractivity contribution >= 4 is 27.0 Å². The number of nitrogens with zero attached hydrogens (tertiary/aromatic N) is 3. The maximum absolute atomic E-state index is 13.2. The number of likely N-dealkylation sites (tertiary alicyclic amines) is 1. The van der Waals surface area contributed by atoms with E-state index in [9.17, 15) is 18.0 Å². The lowest BCUT2D eigenvalue weighted by atomic mass is 9.94. The molecule has 0 N–H and O–H groups in total. The molecular formula is C23H33N3O5S. The average molecular weight is 464 g/mol. The van der Waals surface area contributed by atoms with Gasteiger partial charge in [-0.25, -0.2) is 13.2 Å². The summed E-state index contributed by atoms with van der Waals surface area (Å²) in [6.07, 6.45) is 6.41. The van der Waals surface area contributed by atoms with Gasteiger partial charge in [0.25, 0.3) is 0 Å². The van der Waals surface area contributed by atoms with Gasteiger partial charge in [-0.1, -0.05) is 12.8 Å². The van der Waals surface area contributed by atoms with Crippen molar-refractivity contribution in [2.45, 2.75) is 69.7 Å². The van der Waals surface area contributed by atoms with Crippen LogP contribution in [-0.4, -0.2) is 54.3 Å². The molecule has 4 rings (SSSR count). The predicted molar refractivity (Wildman–Crippen MR) is 122 cm³/mol. The quantitative estimate of drug-likeness (QED) is 0.678. The van der Waals surface area contributed by atoms with Crippen LogP contribution in [0, 0.1) is 5.92 Å². The molecule has 2 aliphatic rings. The van der Waals surface area contributed by atoms with E-state index in [1.54, 1.807) is 12.1 Å². The number of hydrogen-bond acceptors (Lipinski definition) is 5. The third kappa shape index (κ3) is 4.64. The first-order chi connectivity index (χ1) is 15.3. The van der Waals surface area contributed by atoms with Crippen molar-refractivity contribution in [3.8, 4) is 0 Å². The molecule has 0 radical (unpaired) electrons. The average Bonchev–Trinajstić information content (AvgIpc) is 2.91. The van der Waals surface area contributed by atoms with Crippen LogP contribution in [0.1, 0.15) is 64.8 Å². The van der Waals surface area contributed by atoms with Crippen LogP contribution < -0.4 is 5.76 Å². The van der Waals surface area contributed by atoms with E-state index in [1.165, 1.54) is 27.8 Å². The first-order valence-corrected chi connectivity index (χ1v) is 13.1. The molecule has 0 aliphatic carbocycles. The van der Waals surface area contributed by atoms with Crippen molar-refractivity contribution in [1.82, 2.24) is 13.8 Å². The van der Waals surface area contributed by atoms with Gasteiger partial charge in [0.1, 0.15) is 0 Å². The van der Waals surface area contributed by atoms with Crippen LogP contribution in [0.15, 0.2) is 32.3 Å². The van der Waals surface area contributed by atoms with Gasteiger partial charge in [0.15, 0.2) is 5.58 Å². The fourth-order valence-electron chi connectivity index (χ4n) is 4.87. The second-order valence-corrected chi connectivity index (χ2v) is 11.2. The maximum atomic E-state index is 13.2. The Labute approximate surface area is 189 Å². The standard InChI is InChI=1S/C23H33N3O5S/c1-17(2)26-20-8-7-19(16-21(20)31-23(26)28)32(29,30)25-13-9-18(10-14-25)15-22(27)24-11-5-3-4-6-12-24/h7-8,16-18H,3-6,9-15H2,1-2H3. The number of fused-ring (bicyclic) bond motifs is 1. The highest BCUT2D eigenvalue weighted by Gasteiger charge is 2.31. The van der Waals surface area contributed by atoms with Crippen LogP contribution in [0.25, 0.3) is 11.1 Å². The third-order valence-corrected chi connectivity index (χ3v) is 8.63. The topological polar surface area (TPSA) is 92.8 Å². The second-order valence-electron chi connectivity index (χ2n) is 9.31. The van der Waals surface area contributed by atoms with Crippen molar-refractivity contribution in [3.05, 3.63) is 28.7 Å². The number of rotatable bonds is 5. The molecule has 1 aromatic heterocycles. The molecule has 0 bridgehead atoms. The zero-order valence-corrected chi connectivity index (χ0v) is 19.8. The van der Waals surface area contributed by atoms with E-state index in [4.69, 9.17) is 4.42 Å². The lowest BCUT2D eigenvalue weighted by molar-refractivity contribution is -0.132. The molecular weight excluding hydrogens is 430 g/mol. The van der Waals surface area contributed by atoms with Gasteiger partial charge in [0, 0.05) is 44.7 Å². The number of hydrogen-bond donors (Lipinski definition) is 0. The monoisotopic (exact) mass is 463 g/mol. The van der Waals surface area contributed by atoms with E-state index in [0.29, 0.717) is 37.9 Å². The van der Waals surface area contributed by atoms with Crippen LogP contribution in [0.2, 0.25) is 0 Å². The Hall–Kier alpha value is -2.13. The van der Waals surface area contributed by atoms with Gasteiger partial charge < -0.3 is 9.32 Å². The van der Waals surface area contributed by atoms with Crippen molar-refractivity contribution in [1.29, 1.82) is 0 Å². The minimum atomic E-state index is -3.69. The van der Waals surface area contributed by atoms with E-state index in [1.807, 2.05) is 18.7 Å². The lowest BCUT2D eigenvalue weighted by Gasteiger charge is -2.32. The minimum absolute atomic E-state index is 0.0812. The Morgan fingerprint density at radius 2 is 1.72 bits per heavy atom. The normalized spacial score (nSPS) is 19.5. The summed E-state index contributed by atoms with van der Waals surface area (Å²) in [5, 5.41) is 0. The molecule has 32 heavy (non-hydrogen) atoms. The molecule has 2 aromatic rings. The van der Waals surface area contributed by atoms with E-state index in [2.05, 4.69) is 0 Å². The Morgan fingerprint density at radius 1 is 1.06 bits per heavy atom. The molecule has 176 valence electrons. The van der Waals surface area contributed by atoms with Gasteiger partial charge in [-0.2, -0.15) is 4.31 Å². The first-order valence-electron chi connectivity index (χ1n) is 11.7. The van der Waals surface area contributed by atoms with Crippen LogP contribution in [0.4, 0.5) is 0 Å². The molecule has 8 nitrogen and oxygen atoms in total. The predicted octanol–water partition coefficient (Wildman–Crippen LogP) is 3.37. The Kier molecular flexibility index (Phi) is 6.76. The maximum Gasteiger partial charge on any atom is 0.420 e. The summed E-state index contributed by atoms with van der Waals surface area (Å²) in [6.45, 7) is 6.25. The molecule has 3 heterocycles. The van der Waals surface area contributed by atoms with Crippen LogP contribution in [0.5, 0.6) is 0 Å². The number of oxazole rings is 1. The highest BCUT2D eigenvalue weighted by atomic mass is 32.2. The fourth-order valence-corrected chi connectivity index (χ4v) is 6.35. The van der Waals surface area contributed by atoms with Crippen molar-refractivity contribution in [2.75, 3.05) is 26.2 Å². The van der Waals surface area contributed by atoms with Crippen molar-refractivity contribution < 1.29 is 17.6 Å². The number of aromatic nitrogens is 1. The van der Waals surface area contributed by atoms with Gasteiger partial charge in [0.05, 0.1) is 10.4 Å². The third-order valence-electron chi connectivity index (χ3n) is 6.73. The molecule has 1 amide bonds. The number of benzene rings is 1. The number of sulfonamides is 1. The molecule has 2 fully saturated rings. The van der Waals surface area contributed by atoms with Crippen LogP contribution >= 0.6 is 0 Å². The summed E-state index contributed by atoms with van der Waals surface area (Å²) < 4.78 is 34.7. The van der Waals surface area contributed by atoms with Gasteiger partial charge in [0.2, 0.25) is 15.9 Å². The number of carbonyl (C=O) groups excluding carboxylic acids is 1. The number of carbonyl (C=O) groups is 1. The fraction of sp³-hybridized carbons (Fsp3) is 0.652. The SMILES string of the molecule is CC(C)n1c(=O)oc2cc(S(=O)(=O)N3CCC(CC(=O)N4CCCCCC4)CC3)ccc21. The summed E-state index contributed by atoms with van der Waals surface area (Å²) >= 11 is 0. The zero-order chi connectivity index (χ0) is 22.9. The summed E-state index contributed by atoms with van der Waals surface area (Å²) in [5.41, 5.74) is 0.873. The molecule has 9 heteroatoms. The van der Waals surface area contributed by atoms with Gasteiger partial charge in [-0.15, -0.1) is 0 Å². The smallest absolute Gasteiger partial charge is 0.408 e. The van der Waals surface area contributed by atoms with Gasteiger partial charge in [-0.3, -0.25) is 9.36 Å². The summed E-state index contributed by atoms with van der Waals surface area (Å²) in [5.74, 6) is -0.0550. The van der Waals surface area contributed by atoms with Gasteiger partial charge in [-0.05, 0) is 57.6 Å². The molecule has 0 spiro atoms. The largest absolute Gasteiger partial charge is 0.420 e. The zero-order valence-electron chi connectivity index (χ0n) is 19.0. The minimum Gasteiger partial charge on any atom is -0.408 e. The van der Waals surface area contributed by atoms with Gasteiger partial charge >= 0.3 is 5.76 Å². The number of amides is 1. The molecule has 2 aliphatic heterocycles. The van der Waals surface area contributed by atoms with E-state index in [-0.39, 0.29) is 28.3 Å². The Balaban J connectivity index is 1.41. The molecule has 0 saturated carbocycles. The first kappa shape index (κ1) is 23.0. The molecule has 1 aromatic carbocycles. The Bertz CT molecular complexity index is 1120. The Morgan fingerprint density at radius 3 is 2.34 bits per heavy atom. The highest BCUT2D eigenvalue weighted by molar-refractivity contribution is 7.89. The lowest BCUT2D eigenvalue weighted by Crippen LogP contribution is -2.40. The van der Waals surface area contributed by atoms with Crippen LogP contribution in [0.3, 0.4) is 0 Å². The van der Waals surface area contributed by atoms with E-state index >= 15 is 0 Å². The number of piperidine rings is 1. The highest BCUT2D eigenvalue weighted by Crippen LogP contribution is 2.28. The second kappa shape index (κ2) is 9.39. The van der Waals surface area contributed by atoms with E-state index in [0.717, 1.165) is 25.9 Å². The molecule has 0 unspecified atom stereocenters. The summed E-state index contributed by atoms with van der Waals surface area (Å²) in [4.78, 5) is 26.9.